The van der Waals surface area contributed by atoms with E-state index in [0.717, 1.165) is 5.56 Å². The van der Waals surface area contributed by atoms with Crippen molar-refractivity contribution in [1.82, 2.24) is 4.98 Å². The van der Waals surface area contributed by atoms with Gasteiger partial charge in [0, 0.05) is 17.3 Å². The third-order valence-electron chi connectivity index (χ3n) is 3.64. The molecule has 1 aromatic heterocycles. The van der Waals surface area contributed by atoms with E-state index in [4.69, 9.17) is 4.43 Å². The minimum Gasteiger partial charge on any atom is -0.404 e. The molecule has 0 aliphatic rings. The monoisotopic (exact) mass is 282 g/mol. The molecule has 106 valence electrons. The van der Waals surface area contributed by atoms with Crippen LogP contribution in [0.1, 0.15) is 32.4 Å². The molecule has 0 aliphatic carbocycles. The van der Waals surface area contributed by atoms with Gasteiger partial charge in [0.25, 0.3) is 0 Å². The van der Waals surface area contributed by atoms with Crippen LogP contribution in [0, 0.1) is 10.1 Å². The molecular formula is C13H22N2O3Si. The van der Waals surface area contributed by atoms with Gasteiger partial charge >= 0.3 is 0 Å². The van der Waals surface area contributed by atoms with Gasteiger partial charge < -0.3 is 4.43 Å². The number of hydrogen-bond acceptors (Lipinski definition) is 4. The van der Waals surface area contributed by atoms with Gasteiger partial charge in [0.2, 0.25) is 6.54 Å². The zero-order chi connectivity index (χ0) is 14.7. The summed E-state index contributed by atoms with van der Waals surface area (Å²) in [4.78, 5) is 14.5. The fourth-order valence-corrected chi connectivity index (χ4v) is 2.73. The minimum absolute atomic E-state index is 0.0227. The van der Waals surface area contributed by atoms with E-state index in [1.807, 2.05) is 0 Å². The Morgan fingerprint density at radius 1 is 1.37 bits per heavy atom. The lowest BCUT2D eigenvalue weighted by Gasteiger charge is -2.38. The molecule has 1 atom stereocenters. The highest BCUT2D eigenvalue weighted by molar-refractivity contribution is 6.74. The summed E-state index contributed by atoms with van der Waals surface area (Å²) in [6, 6.07) is 3.56. The molecule has 0 aromatic carbocycles. The minimum atomic E-state index is -2.04. The van der Waals surface area contributed by atoms with Gasteiger partial charge in [-0.15, -0.1) is 0 Å². The molecule has 0 aliphatic heterocycles. The van der Waals surface area contributed by atoms with Crippen LogP contribution in [-0.2, 0) is 4.43 Å². The SMILES string of the molecule is CC(C)(C)[Si](C)(C)OC(C[N+](=O)[O-])c1ccncc1. The zero-order valence-corrected chi connectivity index (χ0v) is 13.2. The largest absolute Gasteiger partial charge is 0.404 e. The van der Waals surface area contributed by atoms with Gasteiger partial charge in [0.1, 0.15) is 6.10 Å². The molecule has 0 bridgehead atoms. The van der Waals surface area contributed by atoms with Crippen molar-refractivity contribution in [1.29, 1.82) is 0 Å². The highest BCUT2D eigenvalue weighted by Crippen LogP contribution is 2.39. The Balaban J connectivity index is 2.97. The van der Waals surface area contributed by atoms with Crippen molar-refractivity contribution in [3.8, 4) is 0 Å². The predicted molar refractivity (Wildman–Crippen MR) is 77.1 cm³/mol. The van der Waals surface area contributed by atoms with Crippen LogP contribution in [-0.4, -0.2) is 24.8 Å². The zero-order valence-electron chi connectivity index (χ0n) is 12.2. The first-order valence-corrected chi connectivity index (χ1v) is 9.24. The smallest absolute Gasteiger partial charge is 0.232 e. The first-order chi connectivity index (χ1) is 8.63. The van der Waals surface area contributed by atoms with Gasteiger partial charge in [-0.05, 0) is 35.8 Å². The second kappa shape index (κ2) is 5.79. The van der Waals surface area contributed by atoms with E-state index < -0.39 is 14.4 Å². The third kappa shape index (κ3) is 4.40. The lowest BCUT2D eigenvalue weighted by atomic mass is 10.1. The second-order valence-corrected chi connectivity index (χ2v) is 10.9. The van der Waals surface area contributed by atoms with Crippen LogP contribution in [0.4, 0.5) is 0 Å². The summed E-state index contributed by atoms with van der Waals surface area (Å²) in [5, 5.41) is 10.9. The number of rotatable bonds is 5. The average molecular weight is 282 g/mol. The molecule has 0 saturated carbocycles. The molecule has 1 unspecified atom stereocenters. The predicted octanol–water partition coefficient (Wildman–Crippen LogP) is 3.42. The maximum atomic E-state index is 10.8. The number of hydrogen-bond donors (Lipinski definition) is 0. The van der Waals surface area contributed by atoms with Crippen molar-refractivity contribution >= 4 is 8.32 Å². The van der Waals surface area contributed by atoms with Gasteiger partial charge in [-0.2, -0.15) is 0 Å². The van der Waals surface area contributed by atoms with E-state index in [1.165, 1.54) is 0 Å². The standard InChI is InChI=1S/C13H22N2O3Si/c1-13(2,3)19(4,5)18-12(10-15(16)17)11-6-8-14-9-7-11/h6-9,12H,10H2,1-5H3. The summed E-state index contributed by atoms with van der Waals surface area (Å²) in [6.45, 7) is 10.3. The van der Waals surface area contributed by atoms with Crippen molar-refractivity contribution in [3.63, 3.8) is 0 Å². The van der Waals surface area contributed by atoms with Crippen LogP contribution in [0.3, 0.4) is 0 Å². The summed E-state index contributed by atoms with van der Waals surface area (Å²) in [6.07, 6.45) is 2.77. The Hall–Kier alpha value is -1.27. The summed E-state index contributed by atoms with van der Waals surface area (Å²) < 4.78 is 6.17. The van der Waals surface area contributed by atoms with Crippen LogP contribution >= 0.6 is 0 Å². The number of nitrogens with zero attached hydrogens (tertiary/aromatic N) is 2. The molecule has 6 heteroatoms. The van der Waals surface area contributed by atoms with E-state index >= 15 is 0 Å². The van der Waals surface area contributed by atoms with E-state index in [-0.39, 0.29) is 16.5 Å². The Morgan fingerprint density at radius 2 is 1.89 bits per heavy atom. The lowest BCUT2D eigenvalue weighted by Crippen LogP contribution is -2.43. The molecule has 1 aromatic rings. The second-order valence-electron chi connectivity index (χ2n) is 6.16. The number of pyridine rings is 1. The molecule has 0 N–H and O–H groups in total. The maximum absolute atomic E-state index is 10.8. The molecule has 19 heavy (non-hydrogen) atoms. The van der Waals surface area contributed by atoms with Gasteiger partial charge in [-0.1, -0.05) is 20.8 Å². The van der Waals surface area contributed by atoms with Crippen LogP contribution in [0.2, 0.25) is 18.1 Å². The average Bonchev–Trinajstić information content (AvgIpc) is 2.27. The fourth-order valence-electron chi connectivity index (χ4n) is 1.46. The molecule has 0 spiro atoms. The van der Waals surface area contributed by atoms with Crippen molar-refractivity contribution in [2.45, 2.75) is 45.0 Å². The molecule has 1 heterocycles. The fraction of sp³-hybridized carbons (Fsp3) is 0.615. The summed E-state index contributed by atoms with van der Waals surface area (Å²) in [5.74, 6) is 0. The molecule has 5 nitrogen and oxygen atoms in total. The van der Waals surface area contributed by atoms with E-state index in [2.05, 4.69) is 38.8 Å². The van der Waals surface area contributed by atoms with E-state index in [0.29, 0.717) is 0 Å². The Kier molecular flexibility index (Phi) is 4.81. The molecule has 0 fully saturated rings. The molecule has 1 rings (SSSR count). The van der Waals surface area contributed by atoms with Gasteiger partial charge in [0.05, 0.1) is 0 Å². The maximum Gasteiger partial charge on any atom is 0.232 e. The van der Waals surface area contributed by atoms with Gasteiger partial charge in [-0.25, -0.2) is 0 Å². The summed E-state index contributed by atoms with van der Waals surface area (Å²) >= 11 is 0. The van der Waals surface area contributed by atoms with Crippen molar-refractivity contribution in [2.75, 3.05) is 6.54 Å². The topological polar surface area (TPSA) is 65.3 Å². The summed E-state index contributed by atoms with van der Waals surface area (Å²) in [5.41, 5.74) is 0.816. The first kappa shape index (κ1) is 15.8. The van der Waals surface area contributed by atoms with Crippen molar-refractivity contribution in [3.05, 3.63) is 40.2 Å². The number of nitro groups is 1. The van der Waals surface area contributed by atoms with Crippen molar-refractivity contribution < 1.29 is 9.35 Å². The van der Waals surface area contributed by atoms with Crippen LogP contribution in [0.15, 0.2) is 24.5 Å². The lowest BCUT2D eigenvalue weighted by molar-refractivity contribution is -0.490. The Labute approximate surface area is 115 Å². The van der Waals surface area contributed by atoms with Crippen LogP contribution in [0.25, 0.3) is 0 Å². The molecule has 0 radical (unpaired) electrons. The quantitative estimate of drug-likeness (QED) is 0.471. The Morgan fingerprint density at radius 3 is 2.32 bits per heavy atom. The highest BCUT2D eigenvalue weighted by Gasteiger charge is 2.40. The van der Waals surface area contributed by atoms with E-state index in [1.54, 1.807) is 24.5 Å². The molecular weight excluding hydrogens is 260 g/mol. The normalized spacial score (nSPS) is 14.2. The van der Waals surface area contributed by atoms with Gasteiger partial charge in [-0.3, -0.25) is 15.1 Å². The molecule has 0 saturated heterocycles. The first-order valence-electron chi connectivity index (χ1n) is 6.33. The third-order valence-corrected chi connectivity index (χ3v) is 8.12. The van der Waals surface area contributed by atoms with E-state index in [9.17, 15) is 10.1 Å². The molecule has 0 amide bonds. The Bertz CT molecular complexity index is 429. The van der Waals surface area contributed by atoms with Crippen LogP contribution in [0.5, 0.6) is 0 Å². The van der Waals surface area contributed by atoms with Crippen LogP contribution < -0.4 is 0 Å². The van der Waals surface area contributed by atoms with Crippen molar-refractivity contribution in [2.24, 2.45) is 0 Å². The summed E-state index contributed by atoms with van der Waals surface area (Å²) in [7, 11) is -2.04. The number of aromatic nitrogens is 1. The van der Waals surface area contributed by atoms with Gasteiger partial charge in [0.15, 0.2) is 8.32 Å². The highest BCUT2D eigenvalue weighted by atomic mass is 28.4.